The van der Waals surface area contributed by atoms with Gasteiger partial charge in [-0.15, -0.1) is 11.3 Å². The van der Waals surface area contributed by atoms with Crippen molar-refractivity contribution in [2.24, 2.45) is 0 Å². The molecule has 0 aliphatic carbocycles. The summed E-state index contributed by atoms with van der Waals surface area (Å²) in [5.74, 6) is -0.297. The van der Waals surface area contributed by atoms with Crippen LogP contribution < -0.4 is 5.32 Å². The molecule has 0 saturated heterocycles. The summed E-state index contributed by atoms with van der Waals surface area (Å²) < 4.78 is 0.684. The van der Waals surface area contributed by atoms with Crippen LogP contribution in [0.2, 0.25) is 14.5 Å². The second-order valence-corrected chi connectivity index (χ2v) is 5.97. The lowest BCUT2D eigenvalue weighted by atomic mass is 10.2. The molecule has 0 aliphatic heterocycles. The third-order valence-electron chi connectivity index (χ3n) is 2.12. The SMILES string of the molecule is O=C(NCc1ccc(Cl)s1)c1cc(Cl)ncc1Cl. The number of hydrogen-bond donors (Lipinski definition) is 1. The molecule has 94 valence electrons. The van der Waals surface area contributed by atoms with Crippen LogP contribution in [0.4, 0.5) is 0 Å². The molecule has 0 aromatic carbocycles. The number of halogens is 3. The second-order valence-electron chi connectivity index (χ2n) is 3.38. The number of rotatable bonds is 3. The van der Waals surface area contributed by atoms with Gasteiger partial charge in [-0.2, -0.15) is 0 Å². The van der Waals surface area contributed by atoms with Crippen LogP contribution >= 0.6 is 46.1 Å². The molecule has 2 rings (SSSR count). The number of pyridine rings is 1. The first kappa shape index (κ1) is 13.6. The first-order valence-corrected chi connectivity index (χ1v) is 6.85. The highest BCUT2D eigenvalue weighted by molar-refractivity contribution is 7.16. The fourth-order valence-corrected chi connectivity index (χ4v) is 2.67. The number of nitrogens with zero attached hydrogens (tertiary/aromatic N) is 1. The molecular weight excluding hydrogens is 315 g/mol. The van der Waals surface area contributed by atoms with Crippen LogP contribution in [0.5, 0.6) is 0 Å². The van der Waals surface area contributed by atoms with Gasteiger partial charge in [-0.3, -0.25) is 4.79 Å². The Balaban J connectivity index is 2.05. The molecule has 0 fully saturated rings. The highest BCUT2D eigenvalue weighted by Gasteiger charge is 2.11. The second kappa shape index (κ2) is 5.89. The molecule has 0 atom stereocenters. The number of amides is 1. The quantitative estimate of drug-likeness (QED) is 0.867. The van der Waals surface area contributed by atoms with Crippen LogP contribution in [0.3, 0.4) is 0 Å². The summed E-state index contributed by atoms with van der Waals surface area (Å²) in [6, 6.07) is 5.07. The topological polar surface area (TPSA) is 42.0 Å². The van der Waals surface area contributed by atoms with Crippen LogP contribution in [0.1, 0.15) is 15.2 Å². The maximum Gasteiger partial charge on any atom is 0.253 e. The van der Waals surface area contributed by atoms with Gasteiger partial charge in [-0.05, 0) is 18.2 Å². The predicted molar refractivity (Wildman–Crippen MR) is 74.8 cm³/mol. The first-order chi connectivity index (χ1) is 8.56. The van der Waals surface area contributed by atoms with Crippen molar-refractivity contribution >= 4 is 52.0 Å². The zero-order valence-corrected chi connectivity index (χ0v) is 12.0. The lowest BCUT2D eigenvalue weighted by Gasteiger charge is -2.05. The molecule has 7 heteroatoms. The van der Waals surface area contributed by atoms with E-state index >= 15 is 0 Å². The number of nitrogens with one attached hydrogen (secondary N) is 1. The molecule has 2 heterocycles. The van der Waals surface area contributed by atoms with E-state index in [0.717, 1.165) is 4.88 Å². The van der Waals surface area contributed by atoms with Crippen molar-refractivity contribution in [2.45, 2.75) is 6.54 Å². The number of carbonyl (C=O) groups excluding carboxylic acids is 1. The Hall–Kier alpha value is -0.810. The molecule has 0 aliphatic rings. The van der Waals surface area contributed by atoms with Crippen molar-refractivity contribution in [2.75, 3.05) is 0 Å². The summed E-state index contributed by atoms with van der Waals surface area (Å²) in [6.45, 7) is 0.395. The molecule has 0 radical (unpaired) electrons. The van der Waals surface area contributed by atoms with E-state index in [0.29, 0.717) is 16.4 Å². The van der Waals surface area contributed by atoms with E-state index in [9.17, 15) is 4.79 Å². The minimum Gasteiger partial charge on any atom is -0.347 e. The fourth-order valence-electron chi connectivity index (χ4n) is 1.30. The molecule has 0 unspecified atom stereocenters. The molecule has 0 saturated carbocycles. The van der Waals surface area contributed by atoms with Gasteiger partial charge in [0.15, 0.2) is 0 Å². The van der Waals surface area contributed by atoms with E-state index in [2.05, 4.69) is 10.3 Å². The molecule has 2 aromatic heterocycles. The Bertz CT molecular complexity index is 585. The van der Waals surface area contributed by atoms with Crippen molar-refractivity contribution in [3.8, 4) is 0 Å². The fraction of sp³-hybridized carbons (Fsp3) is 0.0909. The number of carbonyl (C=O) groups is 1. The van der Waals surface area contributed by atoms with Crippen molar-refractivity contribution in [1.82, 2.24) is 10.3 Å². The maximum absolute atomic E-state index is 11.9. The largest absolute Gasteiger partial charge is 0.347 e. The summed E-state index contributed by atoms with van der Waals surface area (Å²) in [7, 11) is 0. The number of aromatic nitrogens is 1. The van der Waals surface area contributed by atoms with Gasteiger partial charge in [0.25, 0.3) is 5.91 Å². The standard InChI is InChI=1S/C11H7Cl3N2OS/c12-8-5-15-9(13)3-7(8)11(17)16-4-6-1-2-10(14)18-6/h1-3,5H,4H2,(H,16,17). The van der Waals surface area contributed by atoms with E-state index in [1.165, 1.54) is 23.6 Å². The lowest BCUT2D eigenvalue weighted by molar-refractivity contribution is 0.0951. The molecular formula is C11H7Cl3N2OS. The number of hydrogen-bond acceptors (Lipinski definition) is 3. The zero-order chi connectivity index (χ0) is 13.1. The Morgan fingerprint density at radius 3 is 2.78 bits per heavy atom. The minimum atomic E-state index is -0.297. The summed E-state index contributed by atoms with van der Waals surface area (Å²) >= 11 is 18.8. The van der Waals surface area contributed by atoms with Crippen molar-refractivity contribution in [3.63, 3.8) is 0 Å². The normalized spacial score (nSPS) is 10.4. The minimum absolute atomic E-state index is 0.226. The molecule has 0 bridgehead atoms. The van der Waals surface area contributed by atoms with E-state index < -0.39 is 0 Å². The van der Waals surface area contributed by atoms with E-state index in [1.807, 2.05) is 6.07 Å². The Labute approximate surface area is 123 Å². The Kier molecular flexibility index (Phi) is 4.45. The van der Waals surface area contributed by atoms with Crippen LogP contribution in [0.15, 0.2) is 24.4 Å². The van der Waals surface area contributed by atoms with Crippen molar-refractivity contribution in [3.05, 3.63) is 49.3 Å². The van der Waals surface area contributed by atoms with Crippen molar-refractivity contribution in [1.29, 1.82) is 0 Å². The Morgan fingerprint density at radius 1 is 1.33 bits per heavy atom. The third kappa shape index (κ3) is 3.36. The first-order valence-electron chi connectivity index (χ1n) is 4.89. The summed E-state index contributed by atoms with van der Waals surface area (Å²) in [5.41, 5.74) is 0.305. The van der Waals surface area contributed by atoms with Gasteiger partial charge in [0.2, 0.25) is 0 Å². The average Bonchev–Trinajstić information content (AvgIpc) is 2.75. The molecule has 18 heavy (non-hydrogen) atoms. The van der Waals surface area contributed by atoms with Gasteiger partial charge in [-0.1, -0.05) is 34.8 Å². The van der Waals surface area contributed by atoms with Crippen LogP contribution in [0.25, 0.3) is 0 Å². The van der Waals surface area contributed by atoms with Crippen molar-refractivity contribution < 1.29 is 4.79 Å². The highest BCUT2D eigenvalue weighted by atomic mass is 35.5. The van der Waals surface area contributed by atoms with Gasteiger partial charge in [0.1, 0.15) is 5.15 Å². The van der Waals surface area contributed by atoms with Gasteiger partial charge in [-0.25, -0.2) is 4.98 Å². The Morgan fingerprint density at radius 2 is 2.11 bits per heavy atom. The van der Waals surface area contributed by atoms with Gasteiger partial charge < -0.3 is 5.32 Å². The third-order valence-corrected chi connectivity index (χ3v) is 3.86. The van der Waals surface area contributed by atoms with Gasteiger partial charge in [0.05, 0.1) is 21.5 Å². The van der Waals surface area contributed by atoms with Crippen LogP contribution in [-0.2, 0) is 6.54 Å². The molecule has 1 N–H and O–H groups in total. The zero-order valence-electron chi connectivity index (χ0n) is 8.91. The summed E-state index contributed by atoms with van der Waals surface area (Å²) in [6.07, 6.45) is 1.35. The summed E-state index contributed by atoms with van der Waals surface area (Å²) in [5, 5.41) is 3.23. The molecule has 0 spiro atoms. The molecule has 2 aromatic rings. The van der Waals surface area contributed by atoms with E-state index in [4.69, 9.17) is 34.8 Å². The highest BCUT2D eigenvalue weighted by Crippen LogP contribution is 2.22. The molecule has 1 amide bonds. The molecule has 3 nitrogen and oxygen atoms in total. The number of thiophene rings is 1. The monoisotopic (exact) mass is 320 g/mol. The van der Waals surface area contributed by atoms with E-state index in [-0.39, 0.29) is 16.1 Å². The van der Waals surface area contributed by atoms with Gasteiger partial charge in [0, 0.05) is 11.1 Å². The summed E-state index contributed by atoms with van der Waals surface area (Å²) in [4.78, 5) is 16.6. The lowest BCUT2D eigenvalue weighted by Crippen LogP contribution is -2.22. The maximum atomic E-state index is 11.9. The van der Waals surface area contributed by atoms with Crippen LogP contribution in [0, 0.1) is 0 Å². The smallest absolute Gasteiger partial charge is 0.253 e. The average molecular weight is 322 g/mol. The van der Waals surface area contributed by atoms with E-state index in [1.54, 1.807) is 6.07 Å². The van der Waals surface area contributed by atoms with Crippen LogP contribution in [-0.4, -0.2) is 10.9 Å². The predicted octanol–water partition coefficient (Wildman–Crippen LogP) is 4.03. The van der Waals surface area contributed by atoms with Gasteiger partial charge >= 0.3 is 0 Å².